The third kappa shape index (κ3) is 3.11. The van der Waals surface area contributed by atoms with Gasteiger partial charge < -0.3 is 5.73 Å². The van der Waals surface area contributed by atoms with Gasteiger partial charge in [-0.25, -0.2) is 4.98 Å². The summed E-state index contributed by atoms with van der Waals surface area (Å²) >= 11 is 6.21. The van der Waals surface area contributed by atoms with Crippen LogP contribution < -0.4 is 5.73 Å². The predicted octanol–water partition coefficient (Wildman–Crippen LogP) is 3.83. The van der Waals surface area contributed by atoms with E-state index >= 15 is 0 Å². The third-order valence-electron chi connectivity index (χ3n) is 3.59. The van der Waals surface area contributed by atoms with E-state index in [0.29, 0.717) is 16.8 Å². The molecule has 0 fully saturated rings. The summed E-state index contributed by atoms with van der Waals surface area (Å²) in [5, 5.41) is 20.8. The van der Waals surface area contributed by atoms with Gasteiger partial charge in [0.1, 0.15) is 17.5 Å². The average Bonchev–Trinajstić information content (AvgIpc) is 2.62. The largest absolute Gasteiger partial charge is 0.383 e. The highest BCUT2D eigenvalue weighted by Crippen LogP contribution is 2.36. The Kier molecular flexibility index (Phi) is 4.29. The van der Waals surface area contributed by atoms with Crippen molar-refractivity contribution in [2.24, 2.45) is 0 Å². The number of hydrogen-bond donors (Lipinski definition) is 1. The molecule has 0 aliphatic heterocycles. The second kappa shape index (κ2) is 6.55. The second-order valence-electron chi connectivity index (χ2n) is 5.08. The van der Waals surface area contributed by atoms with Crippen LogP contribution in [0.4, 0.5) is 11.5 Å². The van der Waals surface area contributed by atoms with Gasteiger partial charge in [0, 0.05) is 46.2 Å². The van der Waals surface area contributed by atoms with E-state index in [9.17, 15) is 15.4 Å². The summed E-state index contributed by atoms with van der Waals surface area (Å²) in [6.07, 6.45) is 3.21. The van der Waals surface area contributed by atoms with Crippen molar-refractivity contribution in [1.29, 1.82) is 5.26 Å². The van der Waals surface area contributed by atoms with Gasteiger partial charge >= 0.3 is 0 Å². The highest BCUT2D eigenvalue weighted by Gasteiger charge is 2.18. The van der Waals surface area contributed by atoms with Crippen LogP contribution >= 0.6 is 11.6 Å². The summed E-state index contributed by atoms with van der Waals surface area (Å²) in [7, 11) is 0. The molecule has 0 saturated carbocycles. The number of nitro benzene ring substituents is 1. The molecule has 1 aromatic carbocycles. The molecule has 2 heterocycles. The Labute approximate surface area is 147 Å². The van der Waals surface area contributed by atoms with E-state index in [1.165, 1.54) is 18.2 Å². The molecule has 2 aromatic heterocycles. The molecule has 3 aromatic rings. The Morgan fingerprint density at radius 1 is 1.16 bits per heavy atom. The molecule has 7 nitrogen and oxygen atoms in total. The van der Waals surface area contributed by atoms with Crippen LogP contribution in [0.15, 0.2) is 48.8 Å². The van der Waals surface area contributed by atoms with Gasteiger partial charge in [-0.2, -0.15) is 5.26 Å². The predicted molar refractivity (Wildman–Crippen MR) is 93.7 cm³/mol. The van der Waals surface area contributed by atoms with Crippen molar-refractivity contribution in [3.63, 3.8) is 0 Å². The van der Waals surface area contributed by atoms with Crippen molar-refractivity contribution in [2.45, 2.75) is 0 Å². The minimum atomic E-state index is -0.528. The minimum Gasteiger partial charge on any atom is -0.383 e. The number of nitriles is 1. The van der Waals surface area contributed by atoms with E-state index in [4.69, 9.17) is 17.3 Å². The molecule has 0 aliphatic carbocycles. The van der Waals surface area contributed by atoms with Gasteiger partial charge in [-0.3, -0.25) is 15.1 Å². The fraction of sp³-hybridized carbons (Fsp3) is 0. The molecule has 0 unspecified atom stereocenters. The number of benzene rings is 1. The van der Waals surface area contributed by atoms with Crippen molar-refractivity contribution in [1.82, 2.24) is 9.97 Å². The Morgan fingerprint density at radius 2 is 1.88 bits per heavy atom. The van der Waals surface area contributed by atoms with Crippen LogP contribution in [0.25, 0.3) is 22.4 Å². The molecule has 0 spiro atoms. The molecule has 0 radical (unpaired) electrons. The molecule has 25 heavy (non-hydrogen) atoms. The summed E-state index contributed by atoms with van der Waals surface area (Å²) in [6.45, 7) is 0. The van der Waals surface area contributed by atoms with Crippen LogP contribution in [-0.2, 0) is 0 Å². The molecule has 122 valence electrons. The van der Waals surface area contributed by atoms with Crippen LogP contribution in [0, 0.1) is 21.4 Å². The SMILES string of the molecule is N#Cc1c(-c2cc([N+](=O)[O-])ccc2Cl)cc(-c2ccncc2)nc1N. The highest BCUT2D eigenvalue weighted by molar-refractivity contribution is 6.33. The minimum absolute atomic E-state index is 0.0226. The maximum absolute atomic E-state index is 11.1. The number of nitrogens with two attached hydrogens (primary N) is 1. The number of hydrogen-bond acceptors (Lipinski definition) is 6. The zero-order chi connectivity index (χ0) is 18.0. The lowest BCUT2D eigenvalue weighted by Gasteiger charge is -2.11. The fourth-order valence-electron chi connectivity index (χ4n) is 2.40. The van der Waals surface area contributed by atoms with Crippen LogP contribution in [0.3, 0.4) is 0 Å². The van der Waals surface area contributed by atoms with Gasteiger partial charge in [-0.1, -0.05) is 11.6 Å². The lowest BCUT2D eigenvalue weighted by Crippen LogP contribution is -2.00. The number of pyridine rings is 2. The molecule has 0 saturated heterocycles. The molecular weight excluding hydrogens is 342 g/mol. The van der Waals surface area contributed by atoms with Crippen molar-refractivity contribution in [3.8, 4) is 28.5 Å². The molecule has 0 aliphatic rings. The van der Waals surface area contributed by atoms with Crippen LogP contribution in [-0.4, -0.2) is 14.9 Å². The van der Waals surface area contributed by atoms with Crippen molar-refractivity contribution in [2.75, 3.05) is 5.73 Å². The van der Waals surface area contributed by atoms with Gasteiger partial charge in [0.25, 0.3) is 5.69 Å². The first kappa shape index (κ1) is 16.4. The first-order chi connectivity index (χ1) is 12.0. The van der Waals surface area contributed by atoms with E-state index in [2.05, 4.69) is 9.97 Å². The van der Waals surface area contributed by atoms with Gasteiger partial charge in [0.15, 0.2) is 0 Å². The summed E-state index contributed by atoms with van der Waals surface area (Å²) in [6, 6.07) is 11.1. The molecule has 0 amide bonds. The summed E-state index contributed by atoms with van der Waals surface area (Å²) in [5.74, 6) is 0.0226. The topological polar surface area (TPSA) is 119 Å². The highest BCUT2D eigenvalue weighted by atomic mass is 35.5. The molecular formula is C17H10ClN5O2. The van der Waals surface area contributed by atoms with Crippen molar-refractivity contribution < 1.29 is 4.92 Å². The number of anilines is 1. The lowest BCUT2D eigenvalue weighted by atomic mass is 9.98. The Balaban J connectivity index is 2.29. The number of nitro groups is 1. The van der Waals surface area contributed by atoms with E-state index < -0.39 is 4.92 Å². The Morgan fingerprint density at radius 3 is 2.52 bits per heavy atom. The van der Waals surface area contributed by atoms with E-state index in [-0.39, 0.29) is 22.1 Å². The third-order valence-corrected chi connectivity index (χ3v) is 3.92. The maximum Gasteiger partial charge on any atom is 0.270 e. The van der Waals surface area contributed by atoms with Gasteiger partial charge in [-0.05, 0) is 24.3 Å². The van der Waals surface area contributed by atoms with Gasteiger partial charge in [-0.15, -0.1) is 0 Å². The van der Waals surface area contributed by atoms with E-state index in [1.807, 2.05) is 6.07 Å². The van der Waals surface area contributed by atoms with Crippen molar-refractivity contribution in [3.05, 3.63) is 69.5 Å². The Bertz CT molecular complexity index is 1020. The first-order valence-corrected chi connectivity index (χ1v) is 7.44. The van der Waals surface area contributed by atoms with Crippen LogP contribution in [0.2, 0.25) is 5.02 Å². The second-order valence-corrected chi connectivity index (χ2v) is 5.49. The number of aromatic nitrogens is 2. The maximum atomic E-state index is 11.1. The summed E-state index contributed by atoms with van der Waals surface area (Å²) in [4.78, 5) is 18.7. The average molecular weight is 352 g/mol. The molecule has 0 bridgehead atoms. The fourth-order valence-corrected chi connectivity index (χ4v) is 2.62. The summed E-state index contributed by atoms with van der Waals surface area (Å²) < 4.78 is 0. The Hall–Kier alpha value is -3.50. The van der Waals surface area contributed by atoms with Gasteiger partial charge in [0.2, 0.25) is 0 Å². The first-order valence-electron chi connectivity index (χ1n) is 7.06. The number of rotatable bonds is 3. The number of halogens is 1. The molecule has 8 heteroatoms. The standard InChI is InChI=1S/C17H10ClN5O2/c18-15-2-1-11(23(24)25)7-13(15)12-8-16(10-3-5-21-6-4-10)22-17(20)14(12)9-19/h1-8H,(H2,20,22). The van der Waals surface area contributed by atoms with Crippen molar-refractivity contribution >= 4 is 23.1 Å². The smallest absolute Gasteiger partial charge is 0.270 e. The monoisotopic (exact) mass is 351 g/mol. The number of non-ortho nitro benzene ring substituents is 1. The number of nitrogen functional groups attached to an aromatic ring is 1. The lowest BCUT2D eigenvalue weighted by molar-refractivity contribution is -0.384. The zero-order valence-corrected chi connectivity index (χ0v) is 13.4. The van der Waals surface area contributed by atoms with E-state index in [1.54, 1.807) is 30.6 Å². The normalized spacial score (nSPS) is 10.2. The summed E-state index contributed by atoms with van der Waals surface area (Å²) in [5.41, 5.74) is 7.89. The molecule has 2 N–H and O–H groups in total. The molecule has 0 atom stereocenters. The number of nitrogens with zero attached hydrogens (tertiary/aromatic N) is 4. The van der Waals surface area contributed by atoms with E-state index in [0.717, 1.165) is 5.56 Å². The van der Waals surface area contributed by atoms with Gasteiger partial charge in [0.05, 0.1) is 10.6 Å². The molecule has 3 rings (SSSR count). The quantitative estimate of drug-likeness (QED) is 0.565. The van der Waals surface area contributed by atoms with Crippen LogP contribution in [0.5, 0.6) is 0 Å². The van der Waals surface area contributed by atoms with Crippen LogP contribution in [0.1, 0.15) is 5.56 Å². The zero-order valence-electron chi connectivity index (χ0n) is 12.7.